The number of halogens is 5. The van der Waals surface area contributed by atoms with E-state index in [-0.39, 0.29) is 12.2 Å². The van der Waals surface area contributed by atoms with E-state index in [2.05, 4.69) is 21.2 Å². The summed E-state index contributed by atoms with van der Waals surface area (Å²) in [4.78, 5) is 0. The van der Waals surface area contributed by atoms with Crippen LogP contribution < -0.4 is 5.32 Å². The number of hydrogen-bond donors (Lipinski definition) is 1. The molecule has 0 aliphatic heterocycles. The predicted molar refractivity (Wildman–Crippen MR) is 67.7 cm³/mol. The molecule has 0 bridgehead atoms. The Morgan fingerprint density at radius 1 is 0.895 bits per heavy atom. The number of anilines is 1. The van der Waals surface area contributed by atoms with E-state index in [0.717, 1.165) is 6.07 Å². The van der Waals surface area contributed by atoms with Crippen molar-refractivity contribution >= 4 is 21.6 Å². The van der Waals surface area contributed by atoms with Crippen molar-refractivity contribution in [1.29, 1.82) is 0 Å². The highest BCUT2D eigenvalue weighted by Crippen LogP contribution is 2.22. The Labute approximate surface area is 115 Å². The zero-order valence-electron chi connectivity index (χ0n) is 9.48. The normalized spacial score (nSPS) is 10.6. The van der Waals surface area contributed by atoms with Crippen LogP contribution >= 0.6 is 15.9 Å². The van der Waals surface area contributed by atoms with Crippen molar-refractivity contribution < 1.29 is 17.6 Å². The van der Waals surface area contributed by atoms with E-state index in [1.165, 1.54) is 18.2 Å². The quantitative estimate of drug-likeness (QED) is 0.638. The second kappa shape index (κ2) is 5.61. The molecule has 0 atom stereocenters. The van der Waals surface area contributed by atoms with Crippen LogP contribution in [0.15, 0.2) is 34.8 Å². The molecule has 2 rings (SSSR count). The van der Waals surface area contributed by atoms with Gasteiger partial charge in [-0.1, -0.05) is 22.0 Å². The van der Waals surface area contributed by atoms with Gasteiger partial charge in [0.05, 0.1) is 5.69 Å². The highest BCUT2D eigenvalue weighted by Gasteiger charge is 2.10. The lowest BCUT2D eigenvalue weighted by molar-refractivity contribution is 0.496. The Balaban J connectivity index is 2.16. The molecule has 0 spiro atoms. The molecule has 0 fully saturated rings. The van der Waals surface area contributed by atoms with E-state index < -0.39 is 23.3 Å². The topological polar surface area (TPSA) is 12.0 Å². The van der Waals surface area contributed by atoms with Gasteiger partial charge in [-0.25, -0.2) is 17.6 Å². The molecule has 1 nitrogen and oxygen atoms in total. The summed E-state index contributed by atoms with van der Waals surface area (Å²) in [6.07, 6.45) is 0. The fourth-order valence-electron chi connectivity index (χ4n) is 1.51. The molecular formula is C13H8BrF4N. The van der Waals surface area contributed by atoms with Crippen molar-refractivity contribution in [2.45, 2.75) is 6.54 Å². The van der Waals surface area contributed by atoms with Gasteiger partial charge in [0, 0.05) is 23.2 Å². The van der Waals surface area contributed by atoms with Crippen molar-refractivity contribution in [2.24, 2.45) is 0 Å². The summed E-state index contributed by atoms with van der Waals surface area (Å²) in [5.74, 6) is -3.68. The molecule has 2 aromatic rings. The maximum Gasteiger partial charge on any atom is 0.161 e. The van der Waals surface area contributed by atoms with Gasteiger partial charge in [0.1, 0.15) is 11.6 Å². The molecule has 0 radical (unpaired) electrons. The number of nitrogens with one attached hydrogen (secondary N) is 1. The highest BCUT2D eigenvalue weighted by atomic mass is 79.9. The van der Waals surface area contributed by atoms with Gasteiger partial charge in [-0.15, -0.1) is 0 Å². The summed E-state index contributed by atoms with van der Waals surface area (Å²) in [5.41, 5.74) is 0.501. The molecule has 1 N–H and O–H groups in total. The fraction of sp³-hybridized carbons (Fsp3) is 0.0769. The summed E-state index contributed by atoms with van der Waals surface area (Å²) in [6, 6.07) is 5.23. The van der Waals surface area contributed by atoms with E-state index in [1.807, 2.05) is 0 Å². The third-order valence-electron chi connectivity index (χ3n) is 2.49. The first-order valence-electron chi connectivity index (χ1n) is 5.29. The number of benzene rings is 2. The second-order valence-electron chi connectivity index (χ2n) is 3.84. The lowest BCUT2D eigenvalue weighted by Gasteiger charge is -2.09. The molecule has 0 amide bonds. The number of rotatable bonds is 3. The van der Waals surface area contributed by atoms with Crippen molar-refractivity contribution in [3.05, 3.63) is 63.6 Å². The maximum absolute atomic E-state index is 13.4. The number of hydrogen-bond acceptors (Lipinski definition) is 1. The minimum atomic E-state index is -1.24. The molecule has 0 saturated heterocycles. The van der Waals surface area contributed by atoms with E-state index in [0.29, 0.717) is 16.1 Å². The van der Waals surface area contributed by atoms with Gasteiger partial charge in [-0.3, -0.25) is 0 Å². The molecule has 0 unspecified atom stereocenters. The summed E-state index contributed by atoms with van der Waals surface area (Å²) in [7, 11) is 0. The molecule has 0 saturated carbocycles. The first-order valence-corrected chi connectivity index (χ1v) is 6.09. The van der Waals surface area contributed by atoms with E-state index in [4.69, 9.17) is 0 Å². The van der Waals surface area contributed by atoms with Crippen molar-refractivity contribution in [1.82, 2.24) is 0 Å². The Morgan fingerprint density at radius 2 is 1.58 bits per heavy atom. The molecule has 19 heavy (non-hydrogen) atoms. The molecule has 2 aromatic carbocycles. The maximum atomic E-state index is 13.4. The van der Waals surface area contributed by atoms with Crippen LogP contribution in [-0.4, -0.2) is 0 Å². The van der Waals surface area contributed by atoms with Crippen LogP contribution in [0.2, 0.25) is 0 Å². The summed E-state index contributed by atoms with van der Waals surface area (Å²) in [6.45, 7) is 0.142. The van der Waals surface area contributed by atoms with Gasteiger partial charge in [-0.05, 0) is 17.7 Å². The van der Waals surface area contributed by atoms with Gasteiger partial charge >= 0.3 is 0 Å². The van der Waals surface area contributed by atoms with Gasteiger partial charge in [-0.2, -0.15) is 0 Å². The van der Waals surface area contributed by atoms with Crippen LogP contribution in [0.4, 0.5) is 23.2 Å². The van der Waals surface area contributed by atoms with Crippen molar-refractivity contribution in [3.8, 4) is 0 Å². The lowest BCUT2D eigenvalue weighted by atomic mass is 10.2. The minimum absolute atomic E-state index is 0.142. The largest absolute Gasteiger partial charge is 0.378 e. The molecule has 100 valence electrons. The first kappa shape index (κ1) is 13.9. The van der Waals surface area contributed by atoms with Crippen LogP contribution in [0.5, 0.6) is 0 Å². The summed E-state index contributed by atoms with van der Waals surface area (Å²) < 4.78 is 52.4. The first-order chi connectivity index (χ1) is 8.97. The average molecular weight is 334 g/mol. The van der Waals surface area contributed by atoms with Crippen LogP contribution in [-0.2, 0) is 6.54 Å². The molecule has 6 heteroatoms. The molecule has 0 aliphatic carbocycles. The second-order valence-corrected chi connectivity index (χ2v) is 4.69. The average Bonchev–Trinajstić information content (AvgIpc) is 2.34. The van der Waals surface area contributed by atoms with Gasteiger partial charge < -0.3 is 5.32 Å². The third-order valence-corrected chi connectivity index (χ3v) is 3.23. The summed E-state index contributed by atoms with van der Waals surface area (Å²) >= 11 is 3.16. The Hall–Kier alpha value is -1.56. The zero-order chi connectivity index (χ0) is 14.0. The minimum Gasteiger partial charge on any atom is -0.378 e. The van der Waals surface area contributed by atoms with Crippen LogP contribution in [0.25, 0.3) is 0 Å². The fourth-order valence-corrected chi connectivity index (χ4v) is 2.00. The predicted octanol–water partition coefficient (Wildman–Crippen LogP) is 4.62. The smallest absolute Gasteiger partial charge is 0.161 e. The van der Waals surface area contributed by atoms with Gasteiger partial charge in [0.25, 0.3) is 0 Å². The van der Waals surface area contributed by atoms with Gasteiger partial charge in [0.15, 0.2) is 11.6 Å². The molecular weight excluding hydrogens is 326 g/mol. The highest BCUT2D eigenvalue weighted by molar-refractivity contribution is 9.10. The molecule has 0 heterocycles. The third kappa shape index (κ3) is 3.26. The Kier molecular flexibility index (Phi) is 4.09. The zero-order valence-corrected chi connectivity index (χ0v) is 11.1. The Morgan fingerprint density at radius 3 is 2.26 bits per heavy atom. The van der Waals surface area contributed by atoms with E-state index in [1.54, 1.807) is 0 Å². The monoisotopic (exact) mass is 333 g/mol. The van der Waals surface area contributed by atoms with Crippen LogP contribution in [0.3, 0.4) is 0 Å². The molecule has 0 aromatic heterocycles. The van der Waals surface area contributed by atoms with Crippen LogP contribution in [0, 0.1) is 23.3 Å². The summed E-state index contributed by atoms with van der Waals surface area (Å²) in [5, 5.41) is 2.62. The lowest BCUT2D eigenvalue weighted by Crippen LogP contribution is -2.03. The van der Waals surface area contributed by atoms with Crippen molar-refractivity contribution in [2.75, 3.05) is 5.32 Å². The SMILES string of the molecule is Fc1ccc(CNc2cc(F)c(F)cc2F)c(Br)c1. The standard InChI is InChI=1S/C13H8BrF4N/c14-9-3-8(15)2-1-7(9)6-19-13-5-11(17)10(16)4-12(13)18/h1-5,19H,6H2. The van der Waals surface area contributed by atoms with Crippen molar-refractivity contribution in [3.63, 3.8) is 0 Å². The van der Waals surface area contributed by atoms with E-state index in [9.17, 15) is 17.6 Å². The molecule has 0 aliphatic rings. The van der Waals surface area contributed by atoms with E-state index >= 15 is 0 Å². The Bertz CT molecular complexity index is 616. The van der Waals surface area contributed by atoms with Crippen LogP contribution in [0.1, 0.15) is 5.56 Å². The van der Waals surface area contributed by atoms with Gasteiger partial charge in [0.2, 0.25) is 0 Å².